The molecule has 0 atom stereocenters. The lowest BCUT2D eigenvalue weighted by atomic mass is 10.1. The summed E-state index contributed by atoms with van der Waals surface area (Å²) >= 11 is 0. The monoisotopic (exact) mass is 247 g/mol. The molecule has 4 nitrogen and oxygen atoms in total. The molecule has 1 saturated carbocycles. The van der Waals surface area contributed by atoms with Crippen LogP contribution in [0.1, 0.15) is 36.8 Å². The van der Waals surface area contributed by atoms with Gasteiger partial charge in [0.2, 0.25) is 0 Å². The summed E-state index contributed by atoms with van der Waals surface area (Å²) in [6.07, 6.45) is 5.35. The molecule has 0 aromatic heterocycles. The van der Waals surface area contributed by atoms with Crippen LogP contribution < -0.4 is 5.73 Å². The summed E-state index contributed by atoms with van der Waals surface area (Å²) in [7, 11) is 2.19. The Balaban J connectivity index is 1.97. The van der Waals surface area contributed by atoms with E-state index in [1.165, 1.54) is 31.2 Å². The summed E-state index contributed by atoms with van der Waals surface area (Å²) < 4.78 is 0. The highest BCUT2D eigenvalue weighted by atomic mass is 16.4. The molecule has 1 fully saturated rings. The number of rotatable bonds is 4. The van der Waals surface area contributed by atoms with Crippen LogP contribution in [0.5, 0.6) is 0 Å². The van der Waals surface area contributed by atoms with Gasteiger partial charge in [0.25, 0.3) is 0 Å². The first-order chi connectivity index (χ1) is 8.70. The fourth-order valence-corrected chi connectivity index (χ4v) is 2.60. The van der Waals surface area contributed by atoms with Crippen LogP contribution in [0.3, 0.4) is 0 Å². The minimum Gasteiger partial charge on any atom is -0.409 e. The minimum atomic E-state index is 0.158. The molecule has 18 heavy (non-hydrogen) atoms. The molecule has 0 unspecified atom stereocenters. The highest BCUT2D eigenvalue weighted by Crippen LogP contribution is 2.23. The third kappa shape index (κ3) is 3.01. The van der Waals surface area contributed by atoms with Crippen molar-refractivity contribution in [2.24, 2.45) is 10.9 Å². The zero-order chi connectivity index (χ0) is 13.0. The number of hydrogen-bond donors (Lipinski definition) is 2. The van der Waals surface area contributed by atoms with Crippen molar-refractivity contribution >= 4 is 5.84 Å². The van der Waals surface area contributed by atoms with Gasteiger partial charge in [0.15, 0.2) is 5.84 Å². The molecule has 2 rings (SSSR count). The first kappa shape index (κ1) is 12.9. The predicted molar refractivity (Wildman–Crippen MR) is 72.7 cm³/mol. The summed E-state index contributed by atoms with van der Waals surface area (Å²) in [6.45, 7) is 0.959. The molecule has 0 bridgehead atoms. The van der Waals surface area contributed by atoms with Crippen molar-refractivity contribution in [3.8, 4) is 0 Å². The Morgan fingerprint density at radius 1 is 1.33 bits per heavy atom. The van der Waals surface area contributed by atoms with Crippen LogP contribution in [-0.2, 0) is 6.54 Å². The SMILES string of the molecule is CN(Cc1ccc(/C(N)=N/O)cc1)C1CCCC1. The standard InChI is InChI=1S/C14H21N3O/c1-17(13-4-2-3-5-13)10-11-6-8-12(9-7-11)14(15)16-18/h6-9,13,18H,2-5,10H2,1H3,(H2,15,16). The molecule has 1 aromatic rings. The third-order valence-corrected chi connectivity index (χ3v) is 3.74. The van der Waals surface area contributed by atoms with Gasteiger partial charge in [-0.05, 0) is 25.5 Å². The first-order valence-electron chi connectivity index (χ1n) is 6.48. The van der Waals surface area contributed by atoms with Crippen LogP contribution in [0.15, 0.2) is 29.4 Å². The Bertz CT molecular complexity index is 408. The van der Waals surface area contributed by atoms with Crippen LogP contribution in [0.25, 0.3) is 0 Å². The second-order valence-electron chi connectivity index (χ2n) is 5.04. The third-order valence-electron chi connectivity index (χ3n) is 3.74. The molecular formula is C14H21N3O. The van der Waals surface area contributed by atoms with Crippen LogP contribution in [0.2, 0.25) is 0 Å². The van der Waals surface area contributed by atoms with Crippen LogP contribution in [-0.4, -0.2) is 29.0 Å². The Kier molecular flexibility index (Phi) is 4.20. The number of nitrogens with zero attached hydrogens (tertiary/aromatic N) is 2. The van der Waals surface area contributed by atoms with E-state index in [1.54, 1.807) is 0 Å². The molecule has 1 aliphatic rings. The number of benzene rings is 1. The zero-order valence-electron chi connectivity index (χ0n) is 10.8. The van der Waals surface area contributed by atoms with Gasteiger partial charge in [-0.25, -0.2) is 0 Å². The summed E-state index contributed by atoms with van der Waals surface area (Å²) in [5, 5.41) is 11.6. The van der Waals surface area contributed by atoms with Crippen molar-refractivity contribution in [1.29, 1.82) is 0 Å². The van der Waals surface area contributed by atoms with Gasteiger partial charge in [0.05, 0.1) is 0 Å². The summed E-state index contributed by atoms with van der Waals surface area (Å²) in [5.41, 5.74) is 7.55. The molecule has 0 saturated heterocycles. The summed E-state index contributed by atoms with van der Waals surface area (Å²) in [5.74, 6) is 0.158. The molecule has 4 heteroatoms. The largest absolute Gasteiger partial charge is 0.409 e. The van der Waals surface area contributed by atoms with Crippen molar-refractivity contribution in [2.75, 3.05) is 7.05 Å². The Labute approximate surface area is 108 Å². The second-order valence-corrected chi connectivity index (χ2v) is 5.04. The maximum atomic E-state index is 8.60. The average molecular weight is 247 g/mol. The van der Waals surface area contributed by atoms with Gasteiger partial charge in [0.1, 0.15) is 0 Å². The van der Waals surface area contributed by atoms with E-state index < -0.39 is 0 Å². The van der Waals surface area contributed by atoms with E-state index in [1.807, 2.05) is 24.3 Å². The van der Waals surface area contributed by atoms with E-state index in [0.717, 1.165) is 18.2 Å². The first-order valence-corrected chi connectivity index (χ1v) is 6.48. The quantitative estimate of drug-likeness (QED) is 0.371. The lowest BCUT2D eigenvalue weighted by Gasteiger charge is -2.24. The van der Waals surface area contributed by atoms with Crippen molar-refractivity contribution in [3.05, 3.63) is 35.4 Å². The zero-order valence-corrected chi connectivity index (χ0v) is 10.8. The minimum absolute atomic E-state index is 0.158. The summed E-state index contributed by atoms with van der Waals surface area (Å²) in [4.78, 5) is 2.42. The topological polar surface area (TPSA) is 61.8 Å². The molecule has 0 amide bonds. The molecule has 3 N–H and O–H groups in total. The van der Waals surface area contributed by atoms with Gasteiger partial charge in [-0.1, -0.05) is 42.3 Å². The Morgan fingerprint density at radius 2 is 1.94 bits per heavy atom. The van der Waals surface area contributed by atoms with Crippen molar-refractivity contribution in [3.63, 3.8) is 0 Å². The molecule has 0 heterocycles. The number of nitrogens with two attached hydrogens (primary N) is 1. The molecular weight excluding hydrogens is 226 g/mol. The Morgan fingerprint density at radius 3 is 2.50 bits per heavy atom. The van der Waals surface area contributed by atoms with Crippen LogP contribution in [0.4, 0.5) is 0 Å². The molecule has 0 aliphatic heterocycles. The lowest BCUT2D eigenvalue weighted by Crippen LogP contribution is -2.28. The van der Waals surface area contributed by atoms with Crippen molar-refractivity contribution < 1.29 is 5.21 Å². The van der Waals surface area contributed by atoms with Gasteiger partial charge in [-0.2, -0.15) is 0 Å². The molecule has 1 aromatic carbocycles. The summed E-state index contributed by atoms with van der Waals surface area (Å²) in [6, 6.07) is 8.60. The van der Waals surface area contributed by atoms with Crippen LogP contribution in [0, 0.1) is 0 Å². The molecule has 1 aliphatic carbocycles. The van der Waals surface area contributed by atoms with E-state index in [-0.39, 0.29) is 5.84 Å². The Hall–Kier alpha value is -1.55. The van der Waals surface area contributed by atoms with Gasteiger partial charge in [0, 0.05) is 18.2 Å². The van der Waals surface area contributed by atoms with E-state index in [2.05, 4.69) is 17.1 Å². The molecule has 98 valence electrons. The normalized spacial score (nSPS) is 17.6. The fourth-order valence-electron chi connectivity index (χ4n) is 2.60. The molecule has 0 spiro atoms. The van der Waals surface area contributed by atoms with Crippen LogP contribution >= 0.6 is 0 Å². The van der Waals surface area contributed by atoms with E-state index in [0.29, 0.717) is 0 Å². The van der Waals surface area contributed by atoms with E-state index in [9.17, 15) is 0 Å². The van der Waals surface area contributed by atoms with Gasteiger partial charge in [-0.15, -0.1) is 0 Å². The van der Waals surface area contributed by atoms with Gasteiger partial charge >= 0.3 is 0 Å². The fraction of sp³-hybridized carbons (Fsp3) is 0.500. The maximum Gasteiger partial charge on any atom is 0.170 e. The predicted octanol–water partition coefficient (Wildman–Crippen LogP) is 2.16. The van der Waals surface area contributed by atoms with Crippen molar-refractivity contribution in [2.45, 2.75) is 38.3 Å². The highest BCUT2D eigenvalue weighted by Gasteiger charge is 2.19. The number of amidine groups is 1. The van der Waals surface area contributed by atoms with Gasteiger partial charge in [-0.3, -0.25) is 4.90 Å². The van der Waals surface area contributed by atoms with E-state index in [4.69, 9.17) is 10.9 Å². The van der Waals surface area contributed by atoms with E-state index >= 15 is 0 Å². The maximum absolute atomic E-state index is 8.60. The number of oxime groups is 1. The van der Waals surface area contributed by atoms with Gasteiger partial charge < -0.3 is 10.9 Å². The smallest absolute Gasteiger partial charge is 0.170 e. The van der Waals surface area contributed by atoms with Crippen molar-refractivity contribution in [1.82, 2.24) is 4.90 Å². The molecule has 0 radical (unpaired) electrons. The highest BCUT2D eigenvalue weighted by molar-refractivity contribution is 5.96. The number of hydrogen-bond acceptors (Lipinski definition) is 3. The second kappa shape index (κ2) is 5.87. The average Bonchev–Trinajstić information content (AvgIpc) is 2.92. The lowest BCUT2D eigenvalue weighted by molar-refractivity contribution is 0.237.